The SMILES string of the molecule is CCN(CCC(C)O)Cc1ccc2c(c1)CO/C2=C1/C(=O)Nc2ccc(F)cc21. The fraction of sp³-hybridized carbons (Fsp3) is 0.348. The number of carbonyl (C=O) groups excluding carboxylic acids is 1. The number of nitrogens with one attached hydrogen (secondary N) is 1. The van der Waals surface area contributed by atoms with E-state index in [9.17, 15) is 14.3 Å². The molecule has 1 unspecified atom stereocenters. The average molecular weight is 396 g/mol. The summed E-state index contributed by atoms with van der Waals surface area (Å²) in [6, 6.07) is 10.4. The van der Waals surface area contributed by atoms with Gasteiger partial charge in [0.25, 0.3) is 5.91 Å². The number of benzene rings is 2. The van der Waals surface area contributed by atoms with E-state index in [2.05, 4.69) is 23.2 Å². The van der Waals surface area contributed by atoms with Crippen LogP contribution in [-0.2, 0) is 22.7 Å². The van der Waals surface area contributed by atoms with Gasteiger partial charge in [0.05, 0.1) is 11.7 Å². The Morgan fingerprint density at radius 2 is 2.07 bits per heavy atom. The normalized spacial score (nSPS) is 18.4. The molecule has 2 aliphatic rings. The van der Waals surface area contributed by atoms with E-state index in [1.165, 1.54) is 12.1 Å². The van der Waals surface area contributed by atoms with Gasteiger partial charge in [0.15, 0.2) is 0 Å². The van der Waals surface area contributed by atoms with E-state index in [4.69, 9.17) is 4.74 Å². The van der Waals surface area contributed by atoms with Crippen molar-refractivity contribution < 1.29 is 19.0 Å². The van der Waals surface area contributed by atoms with E-state index in [-0.39, 0.29) is 17.8 Å². The van der Waals surface area contributed by atoms with Crippen LogP contribution in [0, 0.1) is 5.82 Å². The first-order chi connectivity index (χ1) is 14.0. The number of amides is 1. The first kappa shape index (κ1) is 19.6. The van der Waals surface area contributed by atoms with Gasteiger partial charge < -0.3 is 15.2 Å². The molecule has 2 aromatic rings. The molecule has 0 aromatic heterocycles. The number of carbonyl (C=O) groups is 1. The Balaban J connectivity index is 1.62. The molecule has 0 saturated heterocycles. The second-order valence-electron chi connectivity index (χ2n) is 7.63. The Hall–Kier alpha value is -2.70. The minimum absolute atomic E-state index is 0.271. The largest absolute Gasteiger partial charge is 0.487 e. The predicted octanol–water partition coefficient (Wildman–Crippen LogP) is 3.77. The Kier molecular flexibility index (Phi) is 5.39. The summed E-state index contributed by atoms with van der Waals surface area (Å²) in [4.78, 5) is 14.8. The van der Waals surface area contributed by atoms with Crippen molar-refractivity contribution in [3.8, 4) is 0 Å². The maximum atomic E-state index is 13.7. The minimum atomic E-state index is -0.385. The molecule has 0 fully saturated rings. The van der Waals surface area contributed by atoms with Crippen molar-refractivity contribution in [3.63, 3.8) is 0 Å². The minimum Gasteiger partial charge on any atom is -0.487 e. The molecule has 6 heteroatoms. The molecule has 1 atom stereocenters. The third kappa shape index (κ3) is 3.91. The summed E-state index contributed by atoms with van der Waals surface area (Å²) in [5, 5.41) is 12.3. The van der Waals surface area contributed by atoms with Gasteiger partial charge in [-0.25, -0.2) is 4.39 Å². The molecule has 2 N–H and O–H groups in total. The number of fused-ring (bicyclic) bond motifs is 2. The number of aliphatic hydroxyl groups excluding tert-OH is 1. The van der Waals surface area contributed by atoms with Crippen LogP contribution in [0.25, 0.3) is 11.3 Å². The van der Waals surface area contributed by atoms with Crippen molar-refractivity contribution in [2.45, 2.75) is 39.5 Å². The number of nitrogens with zero attached hydrogens (tertiary/aromatic N) is 1. The van der Waals surface area contributed by atoms with E-state index in [0.717, 1.165) is 42.7 Å². The lowest BCUT2D eigenvalue weighted by Crippen LogP contribution is -2.26. The van der Waals surface area contributed by atoms with Crippen LogP contribution < -0.4 is 5.32 Å². The first-order valence-corrected chi connectivity index (χ1v) is 9.97. The molecular weight excluding hydrogens is 371 g/mol. The summed E-state index contributed by atoms with van der Waals surface area (Å²) in [7, 11) is 0. The number of hydrogen-bond acceptors (Lipinski definition) is 4. The lowest BCUT2D eigenvalue weighted by molar-refractivity contribution is -0.110. The molecule has 0 spiro atoms. The van der Waals surface area contributed by atoms with Crippen LogP contribution in [0.15, 0.2) is 36.4 Å². The standard InChI is InChI=1S/C23H25FN2O3/c1-3-26(9-8-14(2)27)12-15-4-6-18-16(10-15)13-29-22(18)21-19-11-17(24)5-7-20(19)25-23(21)28/h4-7,10-11,14,27H,3,8-9,12-13H2,1-2H3,(H,25,28)/b22-21+. The third-order valence-electron chi connectivity index (χ3n) is 5.46. The summed E-state index contributed by atoms with van der Waals surface area (Å²) in [5.74, 6) is -0.147. The number of ether oxygens (including phenoxy) is 1. The maximum Gasteiger partial charge on any atom is 0.260 e. The molecular formula is C23H25FN2O3. The molecule has 1 amide bonds. The van der Waals surface area contributed by atoms with Crippen LogP contribution >= 0.6 is 0 Å². The Bertz CT molecular complexity index is 984. The van der Waals surface area contributed by atoms with Crippen molar-refractivity contribution in [1.82, 2.24) is 4.90 Å². The van der Waals surface area contributed by atoms with Gasteiger partial charge in [-0.2, -0.15) is 0 Å². The van der Waals surface area contributed by atoms with Crippen LogP contribution in [0.3, 0.4) is 0 Å². The van der Waals surface area contributed by atoms with Gasteiger partial charge in [-0.1, -0.05) is 25.1 Å². The van der Waals surface area contributed by atoms with Crippen molar-refractivity contribution >= 4 is 22.9 Å². The van der Waals surface area contributed by atoms with Gasteiger partial charge in [0.1, 0.15) is 18.2 Å². The highest BCUT2D eigenvalue weighted by Crippen LogP contribution is 2.42. The molecule has 0 saturated carbocycles. The molecule has 0 aliphatic carbocycles. The highest BCUT2D eigenvalue weighted by molar-refractivity contribution is 6.36. The van der Waals surface area contributed by atoms with E-state index in [1.807, 2.05) is 12.1 Å². The Morgan fingerprint density at radius 3 is 2.83 bits per heavy atom. The lowest BCUT2D eigenvalue weighted by atomic mass is 9.99. The topological polar surface area (TPSA) is 61.8 Å². The summed E-state index contributed by atoms with van der Waals surface area (Å²) < 4.78 is 19.6. The lowest BCUT2D eigenvalue weighted by Gasteiger charge is -2.21. The quantitative estimate of drug-likeness (QED) is 0.730. The van der Waals surface area contributed by atoms with Crippen LogP contribution in [0.2, 0.25) is 0 Å². The molecule has 2 heterocycles. The van der Waals surface area contributed by atoms with E-state index in [0.29, 0.717) is 29.2 Å². The highest BCUT2D eigenvalue weighted by Gasteiger charge is 2.32. The van der Waals surface area contributed by atoms with Gasteiger partial charge in [-0.3, -0.25) is 9.69 Å². The number of aliphatic hydroxyl groups is 1. The van der Waals surface area contributed by atoms with E-state index in [1.54, 1.807) is 13.0 Å². The summed E-state index contributed by atoms with van der Waals surface area (Å²) in [5.41, 5.74) is 4.59. The van der Waals surface area contributed by atoms with Crippen LogP contribution in [0.5, 0.6) is 0 Å². The second-order valence-corrected chi connectivity index (χ2v) is 7.63. The molecule has 29 heavy (non-hydrogen) atoms. The summed E-state index contributed by atoms with van der Waals surface area (Å²) in [6.45, 7) is 6.82. The number of anilines is 1. The zero-order valence-corrected chi connectivity index (χ0v) is 16.7. The fourth-order valence-corrected chi connectivity index (χ4v) is 3.86. The van der Waals surface area contributed by atoms with E-state index < -0.39 is 0 Å². The predicted molar refractivity (Wildman–Crippen MR) is 110 cm³/mol. The van der Waals surface area contributed by atoms with Crippen molar-refractivity contribution in [3.05, 3.63) is 64.5 Å². The van der Waals surface area contributed by atoms with Gasteiger partial charge in [0, 0.05) is 35.5 Å². The third-order valence-corrected chi connectivity index (χ3v) is 5.46. The maximum absolute atomic E-state index is 13.7. The van der Waals surface area contributed by atoms with Crippen LogP contribution in [0.1, 0.15) is 42.5 Å². The zero-order valence-electron chi connectivity index (χ0n) is 16.7. The fourth-order valence-electron chi connectivity index (χ4n) is 3.86. The molecule has 152 valence electrons. The summed E-state index contributed by atoms with van der Waals surface area (Å²) >= 11 is 0. The first-order valence-electron chi connectivity index (χ1n) is 9.97. The molecule has 5 nitrogen and oxygen atoms in total. The molecule has 0 radical (unpaired) electrons. The van der Waals surface area contributed by atoms with Crippen molar-refractivity contribution in [1.29, 1.82) is 0 Å². The molecule has 0 bridgehead atoms. The summed E-state index contributed by atoms with van der Waals surface area (Å²) in [6.07, 6.45) is 0.431. The Labute approximate surface area is 169 Å². The van der Waals surface area contributed by atoms with Gasteiger partial charge in [-0.05, 0) is 43.7 Å². The zero-order chi connectivity index (χ0) is 20.5. The van der Waals surface area contributed by atoms with Gasteiger partial charge in [-0.15, -0.1) is 0 Å². The van der Waals surface area contributed by atoms with Crippen LogP contribution in [-0.4, -0.2) is 35.1 Å². The van der Waals surface area contributed by atoms with Crippen molar-refractivity contribution in [2.75, 3.05) is 18.4 Å². The molecule has 4 rings (SSSR count). The van der Waals surface area contributed by atoms with Crippen molar-refractivity contribution in [2.24, 2.45) is 0 Å². The van der Waals surface area contributed by atoms with Gasteiger partial charge >= 0.3 is 0 Å². The monoisotopic (exact) mass is 396 g/mol. The smallest absolute Gasteiger partial charge is 0.260 e. The average Bonchev–Trinajstić information content (AvgIpc) is 3.24. The molecule has 2 aromatic carbocycles. The van der Waals surface area contributed by atoms with E-state index >= 15 is 0 Å². The highest BCUT2D eigenvalue weighted by atomic mass is 19.1. The number of hydrogen-bond donors (Lipinski definition) is 2. The second kappa shape index (κ2) is 7.97. The number of rotatable bonds is 6. The van der Waals surface area contributed by atoms with Crippen LogP contribution in [0.4, 0.5) is 10.1 Å². The Morgan fingerprint density at radius 1 is 1.24 bits per heavy atom. The number of halogens is 1. The molecule has 2 aliphatic heterocycles. The van der Waals surface area contributed by atoms with Gasteiger partial charge in [0.2, 0.25) is 0 Å².